The molecule has 0 aliphatic carbocycles. The summed E-state index contributed by atoms with van der Waals surface area (Å²) < 4.78 is 20.1. The number of aromatic nitrogens is 2. The van der Waals surface area contributed by atoms with Gasteiger partial charge >= 0.3 is 0 Å². The third-order valence-electron chi connectivity index (χ3n) is 2.79. The number of ether oxygens (including phenoxy) is 1. The molecule has 0 fully saturated rings. The highest BCUT2D eigenvalue weighted by Crippen LogP contribution is 2.33. The smallest absolute Gasteiger partial charge is 0.231 e. The highest BCUT2D eigenvalue weighted by molar-refractivity contribution is 9.10. The van der Waals surface area contributed by atoms with E-state index in [4.69, 9.17) is 4.74 Å². The first-order valence-corrected chi connectivity index (χ1v) is 7.64. The van der Waals surface area contributed by atoms with E-state index in [9.17, 15) is 4.39 Å². The summed E-state index contributed by atoms with van der Waals surface area (Å²) in [6, 6.07) is 6.65. The number of fused-ring (bicyclic) bond motifs is 1. The van der Waals surface area contributed by atoms with E-state index >= 15 is 0 Å². The Morgan fingerprint density at radius 2 is 2.15 bits per heavy atom. The quantitative estimate of drug-likeness (QED) is 0.668. The van der Waals surface area contributed by atoms with E-state index < -0.39 is 5.82 Å². The van der Waals surface area contributed by atoms with Crippen LogP contribution in [0.1, 0.15) is 11.8 Å². The molecule has 0 atom stereocenters. The lowest BCUT2D eigenvalue weighted by atomic mass is 10.3. The third kappa shape index (κ3) is 2.53. The van der Waals surface area contributed by atoms with Crippen LogP contribution in [0.5, 0.6) is 11.6 Å². The van der Waals surface area contributed by atoms with Gasteiger partial charge < -0.3 is 4.74 Å². The third-order valence-corrected chi connectivity index (χ3v) is 4.47. The van der Waals surface area contributed by atoms with Crippen LogP contribution in [0.25, 0.3) is 10.2 Å². The fraction of sp³-hybridized carbons (Fsp3) is 0.143. The zero-order valence-electron chi connectivity index (χ0n) is 10.6. The zero-order valence-corrected chi connectivity index (χ0v) is 13.0. The van der Waals surface area contributed by atoms with Gasteiger partial charge in [-0.1, -0.05) is 22.9 Å². The maximum Gasteiger partial charge on any atom is 0.231 e. The van der Waals surface area contributed by atoms with Gasteiger partial charge in [-0.2, -0.15) is 0 Å². The molecule has 0 aliphatic rings. The van der Waals surface area contributed by atoms with Crippen LogP contribution < -0.4 is 4.74 Å². The number of aryl methyl sites for hydroxylation is 1. The van der Waals surface area contributed by atoms with Crippen LogP contribution in [0.15, 0.2) is 35.1 Å². The number of halogens is 2. The van der Waals surface area contributed by atoms with Crippen molar-refractivity contribution in [3.63, 3.8) is 0 Å². The second-order valence-corrected chi connectivity index (χ2v) is 6.17. The molecule has 0 saturated carbocycles. The van der Waals surface area contributed by atoms with Crippen LogP contribution in [-0.4, -0.2) is 9.97 Å². The molecule has 0 saturated heterocycles. The van der Waals surface area contributed by atoms with Gasteiger partial charge in [-0.05, 0) is 30.7 Å². The number of benzene rings is 1. The SMILES string of the molecule is CCc1cc2c(Oc3ccc(Br)cc3F)ncnc2s1. The van der Waals surface area contributed by atoms with E-state index in [2.05, 4.69) is 32.8 Å². The highest BCUT2D eigenvalue weighted by atomic mass is 79.9. The monoisotopic (exact) mass is 352 g/mol. The van der Waals surface area contributed by atoms with E-state index in [1.54, 1.807) is 23.5 Å². The molecule has 0 radical (unpaired) electrons. The van der Waals surface area contributed by atoms with Crippen molar-refractivity contribution in [1.29, 1.82) is 0 Å². The fourth-order valence-electron chi connectivity index (χ4n) is 1.80. The van der Waals surface area contributed by atoms with Crippen molar-refractivity contribution in [2.45, 2.75) is 13.3 Å². The van der Waals surface area contributed by atoms with Crippen LogP contribution >= 0.6 is 27.3 Å². The summed E-state index contributed by atoms with van der Waals surface area (Å²) in [5.41, 5.74) is 0. The van der Waals surface area contributed by atoms with Gasteiger partial charge in [-0.15, -0.1) is 11.3 Å². The Hall–Kier alpha value is -1.53. The van der Waals surface area contributed by atoms with Crippen molar-refractivity contribution < 1.29 is 9.13 Å². The molecule has 1 aromatic carbocycles. The van der Waals surface area contributed by atoms with Crippen molar-refractivity contribution in [3.05, 3.63) is 45.8 Å². The van der Waals surface area contributed by atoms with Gasteiger partial charge in [0.2, 0.25) is 5.88 Å². The molecule has 0 amide bonds. The normalized spacial score (nSPS) is 10.9. The van der Waals surface area contributed by atoms with Crippen LogP contribution in [0.3, 0.4) is 0 Å². The van der Waals surface area contributed by atoms with E-state index in [-0.39, 0.29) is 5.75 Å². The Balaban J connectivity index is 2.03. The standard InChI is InChI=1S/C14H10BrFN2OS/c1-2-9-6-10-13(17-7-18-14(10)20-9)19-12-4-3-8(15)5-11(12)16/h3-7H,2H2,1H3. The van der Waals surface area contributed by atoms with Gasteiger partial charge in [-0.3, -0.25) is 0 Å². The van der Waals surface area contributed by atoms with E-state index in [1.807, 2.05) is 6.07 Å². The van der Waals surface area contributed by atoms with Gasteiger partial charge in [0.05, 0.1) is 5.39 Å². The summed E-state index contributed by atoms with van der Waals surface area (Å²) in [6.45, 7) is 2.08. The molecule has 0 bridgehead atoms. The Bertz CT molecular complexity index is 775. The largest absolute Gasteiger partial charge is 0.435 e. The lowest BCUT2D eigenvalue weighted by Gasteiger charge is -2.06. The Morgan fingerprint density at radius 3 is 2.90 bits per heavy atom. The Morgan fingerprint density at radius 1 is 1.30 bits per heavy atom. The minimum absolute atomic E-state index is 0.150. The molecule has 0 unspecified atom stereocenters. The van der Waals surface area contributed by atoms with Crippen LogP contribution in [-0.2, 0) is 6.42 Å². The van der Waals surface area contributed by atoms with Crippen molar-refractivity contribution in [3.8, 4) is 11.6 Å². The molecule has 0 aliphatic heterocycles. The summed E-state index contributed by atoms with van der Waals surface area (Å²) in [7, 11) is 0. The molecule has 2 heterocycles. The van der Waals surface area contributed by atoms with Crippen molar-refractivity contribution in [2.24, 2.45) is 0 Å². The summed E-state index contributed by atoms with van der Waals surface area (Å²) >= 11 is 4.81. The molecule has 2 aromatic heterocycles. The highest BCUT2D eigenvalue weighted by Gasteiger charge is 2.12. The number of thiophene rings is 1. The predicted octanol–water partition coefficient (Wildman–Crippen LogP) is 4.95. The maximum atomic E-state index is 13.8. The minimum Gasteiger partial charge on any atom is -0.435 e. The number of nitrogens with zero attached hydrogens (tertiary/aromatic N) is 2. The lowest BCUT2D eigenvalue weighted by molar-refractivity contribution is 0.431. The molecular weight excluding hydrogens is 343 g/mol. The first kappa shape index (κ1) is 13.5. The van der Waals surface area contributed by atoms with Crippen molar-refractivity contribution in [1.82, 2.24) is 9.97 Å². The van der Waals surface area contributed by atoms with Gasteiger partial charge in [0, 0.05) is 9.35 Å². The van der Waals surface area contributed by atoms with Crippen LogP contribution in [0.4, 0.5) is 4.39 Å². The molecule has 20 heavy (non-hydrogen) atoms. The first-order chi connectivity index (χ1) is 9.67. The van der Waals surface area contributed by atoms with Gasteiger partial charge in [0.25, 0.3) is 0 Å². The molecule has 3 nitrogen and oxygen atoms in total. The van der Waals surface area contributed by atoms with Crippen LogP contribution in [0.2, 0.25) is 0 Å². The zero-order chi connectivity index (χ0) is 14.1. The first-order valence-electron chi connectivity index (χ1n) is 6.03. The summed E-state index contributed by atoms with van der Waals surface area (Å²) in [5, 5.41) is 0.816. The molecule has 0 N–H and O–H groups in total. The minimum atomic E-state index is -0.433. The van der Waals surface area contributed by atoms with E-state index in [0.29, 0.717) is 10.4 Å². The molecule has 6 heteroatoms. The molecule has 3 aromatic rings. The van der Waals surface area contributed by atoms with Gasteiger partial charge in [-0.25, -0.2) is 14.4 Å². The number of rotatable bonds is 3. The van der Waals surface area contributed by atoms with Crippen molar-refractivity contribution in [2.75, 3.05) is 0 Å². The number of hydrogen-bond acceptors (Lipinski definition) is 4. The molecule has 102 valence electrons. The van der Waals surface area contributed by atoms with E-state index in [0.717, 1.165) is 16.6 Å². The van der Waals surface area contributed by atoms with Crippen LogP contribution in [0, 0.1) is 5.82 Å². The van der Waals surface area contributed by atoms with Crippen molar-refractivity contribution >= 4 is 37.5 Å². The average Bonchev–Trinajstić information content (AvgIpc) is 2.86. The summed E-state index contributed by atoms with van der Waals surface area (Å²) in [4.78, 5) is 10.4. The maximum absolute atomic E-state index is 13.8. The van der Waals surface area contributed by atoms with Gasteiger partial charge in [0.15, 0.2) is 11.6 Å². The molecule has 0 spiro atoms. The number of hydrogen-bond donors (Lipinski definition) is 0. The molecule has 3 rings (SSSR count). The predicted molar refractivity (Wildman–Crippen MR) is 81.0 cm³/mol. The fourth-order valence-corrected chi connectivity index (χ4v) is 3.06. The van der Waals surface area contributed by atoms with E-state index in [1.165, 1.54) is 17.3 Å². The summed E-state index contributed by atoms with van der Waals surface area (Å²) in [5.74, 6) is 0.0988. The molecular formula is C14H10BrFN2OS. The topological polar surface area (TPSA) is 35.0 Å². The van der Waals surface area contributed by atoms with Gasteiger partial charge in [0.1, 0.15) is 11.2 Å². The lowest BCUT2D eigenvalue weighted by Crippen LogP contribution is -1.92. The average molecular weight is 353 g/mol. The Kier molecular flexibility index (Phi) is 3.67. The second kappa shape index (κ2) is 5.46. The second-order valence-electron chi connectivity index (χ2n) is 4.14. The summed E-state index contributed by atoms with van der Waals surface area (Å²) in [6.07, 6.45) is 2.36. The Labute approximate surface area is 127 Å².